The molecule has 0 aromatic heterocycles. The maximum Gasteiger partial charge on any atom is 0.255 e. The molecule has 0 saturated heterocycles. The number of nitrogen functional groups attached to an aromatic ring is 1. The zero-order chi connectivity index (χ0) is 24.9. The van der Waals surface area contributed by atoms with Crippen LogP contribution >= 0.6 is 0 Å². The average molecular weight is 468 g/mol. The minimum Gasteiger partial charge on any atom is -0.398 e. The first kappa shape index (κ1) is 24.1. The van der Waals surface area contributed by atoms with E-state index in [1.165, 1.54) is 0 Å². The summed E-state index contributed by atoms with van der Waals surface area (Å²) in [5.74, 6) is -0.0961. The lowest BCUT2D eigenvalue weighted by atomic mass is 9.91. The Labute approximate surface area is 205 Å². The molecule has 0 radical (unpaired) electrons. The van der Waals surface area contributed by atoms with Gasteiger partial charge in [0.1, 0.15) is 0 Å². The summed E-state index contributed by atoms with van der Waals surface area (Å²) in [5.41, 5.74) is 17.0. The number of ketones is 2. The number of hydrogen-bond donors (Lipinski definition) is 2. The molecule has 0 saturated carbocycles. The molecule has 4 rings (SSSR count). The Bertz CT molecular complexity index is 1290. The molecule has 0 spiro atoms. The smallest absolute Gasteiger partial charge is 0.255 e. The standard InChI is InChI=1S/C29H29N3O3/c1-19-17-32(29(35)24-13-12-23(15-25(19)24)27(33)7-4-14-30)18-20-8-10-21(11-9-20)28(34)16-22-5-2-3-6-26(22)31/h2-3,5-6,8-13,15H,1,4,7,14,16-18,30-31H2. The maximum atomic E-state index is 13.1. The number of amides is 1. The Balaban J connectivity index is 1.44. The third-order valence-corrected chi connectivity index (χ3v) is 6.29. The summed E-state index contributed by atoms with van der Waals surface area (Å²) < 4.78 is 0. The first-order valence-electron chi connectivity index (χ1n) is 11.7. The molecular weight excluding hydrogens is 438 g/mol. The summed E-state index contributed by atoms with van der Waals surface area (Å²) >= 11 is 0. The van der Waals surface area contributed by atoms with Crippen LogP contribution in [0.3, 0.4) is 0 Å². The van der Waals surface area contributed by atoms with Crippen LogP contribution in [0, 0.1) is 0 Å². The molecule has 3 aromatic carbocycles. The maximum absolute atomic E-state index is 13.1. The number of nitrogens with zero attached hydrogens (tertiary/aromatic N) is 1. The van der Waals surface area contributed by atoms with Gasteiger partial charge in [0.2, 0.25) is 0 Å². The fourth-order valence-electron chi connectivity index (χ4n) is 4.28. The summed E-state index contributed by atoms with van der Waals surface area (Å²) in [7, 11) is 0. The highest BCUT2D eigenvalue weighted by Gasteiger charge is 2.27. The second kappa shape index (κ2) is 10.5. The first-order chi connectivity index (χ1) is 16.9. The number of benzene rings is 3. The number of fused-ring (bicyclic) bond motifs is 1. The van der Waals surface area contributed by atoms with Gasteiger partial charge in [0.25, 0.3) is 5.91 Å². The highest BCUT2D eigenvalue weighted by molar-refractivity contribution is 6.05. The predicted octanol–water partition coefficient (Wildman–Crippen LogP) is 4.29. The van der Waals surface area contributed by atoms with Crippen molar-refractivity contribution in [2.24, 2.45) is 5.73 Å². The molecule has 1 aliphatic rings. The molecule has 0 unspecified atom stereocenters. The van der Waals surface area contributed by atoms with E-state index in [-0.39, 0.29) is 23.9 Å². The molecule has 3 aromatic rings. The number of anilines is 1. The lowest BCUT2D eigenvalue weighted by Gasteiger charge is -2.30. The second-order valence-electron chi connectivity index (χ2n) is 8.84. The van der Waals surface area contributed by atoms with E-state index in [0.29, 0.717) is 54.9 Å². The molecule has 178 valence electrons. The fourth-order valence-corrected chi connectivity index (χ4v) is 4.28. The van der Waals surface area contributed by atoms with Crippen molar-refractivity contribution in [2.45, 2.75) is 25.8 Å². The van der Waals surface area contributed by atoms with Crippen molar-refractivity contribution in [1.29, 1.82) is 0 Å². The van der Waals surface area contributed by atoms with Crippen molar-refractivity contribution in [2.75, 3.05) is 18.8 Å². The van der Waals surface area contributed by atoms with Crippen LogP contribution in [0.1, 0.15) is 60.6 Å². The van der Waals surface area contributed by atoms with E-state index in [9.17, 15) is 14.4 Å². The van der Waals surface area contributed by atoms with Gasteiger partial charge in [-0.15, -0.1) is 0 Å². The molecule has 35 heavy (non-hydrogen) atoms. The van der Waals surface area contributed by atoms with Gasteiger partial charge < -0.3 is 16.4 Å². The van der Waals surface area contributed by atoms with Crippen LogP contribution in [-0.4, -0.2) is 35.5 Å². The summed E-state index contributed by atoms with van der Waals surface area (Å²) in [6, 6.07) is 19.8. The van der Waals surface area contributed by atoms with Gasteiger partial charge in [-0.3, -0.25) is 14.4 Å². The molecule has 0 fully saturated rings. The number of para-hydroxylation sites is 1. The Hall–Kier alpha value is -4.03. The Morgan fingerprint density at radius 1 is 0.914 bits per heavy atom. The van der Waals surface area contributed by atoms with Crippen molar-refractivity contribution >= 4 is 28.7 Å². The van der Waals surface area contributed by atoms with E-state index < -0.39 is 0 Å². The molecule has 0 atom stereocenters. The summed E-state index contributed by atoms with van der Waals surface area (Å²) in [5, 5.41) is 0. The second-order valence-corrected chi connectivity index (χ2v) is 8.84. The summed E-state index contributed by atoms with van der Waals surface area (Å²) in [6.45, 7) is 5.39. The van der Waals surface area contributed by atoms with E-state index in [1.807, 2.05) is 30.3 Å². The van der Waals surface area contributed by atoms with Crippen molar-refractivity contribution in [3.05, 3.63) is 107 Å². The monoisotopic (exact) mass is 467 g/mol. The molecule has 6 nitrogen and oxygen atoms in total. The lowest BCUT2D eigenvalue weighted by molar-refractivity contribution is 0.0756. The summed E-state index contributed by atoms with van der Waals surface area (Å²) in [4.78, 5) is 39.9. The minimum atomic E-state index is -0.104. The molecule has 0 bridgehead atoms. The number of hydrogen-bond acceptors (Lipinski definition) is 5. The van der Waals surface area contributed by atoms with Crippen molar-refractivity contribution < 1.29 is 14.4 Å². The Morgan fingerprint density at radius 2 is 1.63 bits per heavy atom. The first-order valence-corrected chi connectivity index (χ1v) is 11.7. The summed E-state index contributed by atoms with van der Waals surface area (Å²) in [6.07, 6.45) is 1.26. The SMILES string of the molecule is C=C1CN(Cc2ccc(C(=O)Cc3ccccc3N)cc2)C(=O)c2ccc(C(=O)CCCN)cc21. The molecule has 1 aliphatic heterocycles. The molecular formula is C29H29N3O3. The van der Waals surface area contributed by atoms with Gasteiger partial charge in [-0.2, -0.15) is 0 Å². The van der Waals surface area contributed by atoms with Crippen LogP contribution < -0.4 is 11.5 Å². The van der Waals surface area contributed by atoms with Gasteiger partial charge in [0.05, 0.1) is 0 Å². The lowest BCUT2D eigenvalue weighted by Crippen LogP contribution is -2.36. The number of rotatable bonds is 9. The zero-order valence-corrected chi connectivity index (χ0v) is 19.6. The van der Waals surface area contributed by atoms with Crippen LogP contribution in [-0.2, 0) is 13.0 Å². The van der Waals surface area contributed by atoms with Crippen LogP contribution in [0.2, 0.25) is 0 Å². The van der Waals surface area contributed by atoms with E-state index in [0.717, 1.165) is 22.3 Å². The third kappa shape index (κ3) is 5.39. The van der Waals surface area contributed by atoms with Gasteiger partial charge in [-0.05, 0) is 53.4 Å². The topological polar surface area (TPSA) is 106 Å². The largest absolute Gasteiger partial charge is 0.398 e. The predicted molar refractivity (Wildman–Crippen MR) is 138 cm³/mol. The zero-order valence-electron chi connectivity index (χ0n) is 19.6. The quantitative estimate of drug-likeness (QED) is 0.361. The van der Waals surface area contributed by atoms with Crippen molar-refractivity contribution in [1.82, 2.24) is 4.90 Å². The van der Waals surface area contributed by atoms with Gasteiger partial charge in [-0.1, -0.05) is 55.1 Å². The molecule has 1 heterocycles. The van der Waals surface area contributed by atoms with Crippen molar-refractivity contribution in [3.63, 3.8) is 0 Å². The highest BCUT2D eigenvalue weighted by Crippen LogP contribution is 2.29. The van der Waals surface area contributed by atoms with E-state index in [1.54, 1.807) is 41.3 Å². The van der Waals surface area contributed by atoms with Gasteiger partial charge in [0, 0.05) is 48.3 Å². The van der Waals surface area contributed by atoms with Crippen LogP contribution in [0.25, 0.3) is 5.57 Å². The van der Waals surface area contributed by atoms with Crippen LogP contribution in [0.4, 0.5) is 5.69 Å². The van der Waals surface area contributed by atoms with Crippen LogP contribution in [0.15, 0.2) is 73.3 Å². The molecule has 1 amide bonds. The Kier molecular flexibility index (Phi) is 7.22. The number of nitrogens with two attached hydrogens (primary N) is 2. The van der Waals surface area contributed by atoms with Gasteiger partial charge in [0.15, 0.2) is 11.6 Å². The molecule has 6 heteroatoms. The normalized spacial score (nSPS) is 13.0. The van der Waals surface area contributed by atoms with E-state index >= 15 is 0 Å². The van der Waals surface area contributed by atoms with E-state index in [4.69, 9.17) is 11.5 Å². The average Bonchev–Trinajstić information content (AvgIpc) is 2.87. The molecule has 4 N–H and O–H groups in total. The number of Topliss-reactive ketones (excluding diaryl/α,β-unsaturated/α-hetero) is 2. The third-order valence-electron chi connectivity index (χ3n) is 6.29. The fraction of sp³-hybridized carbons (Fsp3) is 0.207. The van der Waals surface area contributed by atoms with Gasteiger partial charge >= 0.3 is 0 Å². The van der Waals surface area contributed by atoms with Crippen LogP contribution in [0.5, 0.6) is 0 Å². The van der Waals surface area contributed by atoms with Crippen molar-refractivity contribution in [3.8, 4) is 0 Å². The minimum absolute atomic E-state index is 0.0115. The highest BCUT2D eigenvalue weighted by atomic mass is 16.2. The molecule has 0 aliphatic carbocycles. The number of carbonyl (C=O) groups excluding carboxylic acids is 3. The Morgan fingerprint density at radius 3 is 2.34 bits per heavy atom. The van der Waals surface area contributed by atoms with Gasteiger partial charge in [-0.25, -0.2) is 0 Å². The number of carbonyl (C=O) groups is 3. The van der Waals surface area contributed by atoms with E-state index in [2.05, 4.69) is 6.58 Å².